The number of phenolic OH excluding ortho intramolecular Hbond substituents is 2. The summed E-state index contributed by atoms with van der Waals surface area (Å²) in [6.07, 6.45) is 6.62. The zero-order valence-electron chi connectivity index (χ0n) is 18.5. The van der Waals surface area contributed by atoms with Crippen LogP contribution in [0.5, 0.6) is 28.7 Å². The number of rotatable bonds is 8. The van der Waals surface area contributed by atoms with Gasteiger partial charge in [-0.2, -0.15) is 0 Å². The number of methoxy groups -OCH3 is 3. The highest BCUT2D eigenvalue weighted by Crippen LogP contribution is 2.38. The van der Waals surface area contributed by atoms with Crippen molar-refractivity contribution in [3.05, 3.63) is 77.4 Å². The van der Waals surface area contributed by atoms with Gasteiger partial charge < -0.3 is 29.7 Å². The van der Waals surface area contributed by atoms with E-state index in [4.69, 9.17) is 14.2 Å². The summed E-state index contributed by atoms with van der Waals surface area (Å²) in [5.41, 5.74) is 2.61. The van der Waals surface area contributed by atoms with Crippen LogP contribution in [0, 0.1) is 0 Å². The van der Waals surface area contributed by atoms with Gasteiger partial charge in [0.25, 0.3) is 0 Å². The second kappa shape index (κ2) is 10.8. The van der Waals surface area contributed by atoms with E-state index < -0.39 is 0 Å². The maximum Gasteiger partial charge on any atom is 0.248 e. The summed E-state index contributed by atoms with van der Waals surface area (Å²) in [6, 6.07) is 15.0. The average Bonchev–Trinajstić information content (AvgIpc) is 2.83. The van der Waals surface area contributed by atoms with Crippen LogP contribution in [0.2, 0.25) is 0 Å². The molecule has 0 unspecified atom stereocenters. The molecule has 170 valence electrons. The van der Waals surface area contributed by atoms with Gasteiger partial charge in [-0.3, -0.25) is 4.79 Å². The van der Waals surface area contributed by atoms with Crippen molar-refractivity contribution in [1.29, 1.82) is 0 Å². The molecule has 0 aliphatic rings. The molecule has 7 heteroatoms. The van der Waals surface area contributed by atoms with Crippen LogP contribution in [-0.4, -0.2) is 37.4 Å². The molecule has 0 aromatic heterocycles. The fraction of sp³-hybridized carbons (Fsp3) is 0.115. The van der Waals surface area contributed by atoms with Crippen molar-refractivity contribution in [3.63, 3.8) is 0 Å². The Kier molecular flexibility index (Phi) is 7.60. The number of hydrogen-bond donors (Lipinski definition) is 3. The molecule has 1 amide bonds. The average molecular weight is 447 g/mol. The molecular formula is C26H25NO6. The van der Waals surface area contributed by atoms with Gasteiger partial charge in [-0.05, 0) is 59.2 Å². The molecular weight excluding hydrogens is 422 g/mol. The zero-order chi connectivity index (χ0) is 23.8. The van der Waals surface area contributed by atoms with E-state index in [1.165, 1.54) is 18.2 Å². The van der Waals surface area contributed by atoms with Crippen molar-refractivity contribution in [1.82, 2.24) is 0 Å². The van der Waals surface area contributed by atoms with Crippen LogP contribution in [0.15, 0.2) is 60.7 Å². The Balaban J connectivity index is 1.71. The van der Waals surface area contributed by atoms with E-state index in [0.29, 0.717) is 22.9 Å². The van der Waals surface area contributed by atoms with Gasteiger partial charge >= 0.3 is 0 Å². The minimum Gasteiger partial charge on any atom is -0.508 e. The lowest BCUT2D eigenvalue weighted by Gasteiger charge is -2.12. The van der Waals surface area contributed by atoms with Crippen LogP contribution >= 0.6 is 0 Å². The number of aromatic hydroxyl groups is 2. The quantitative estimate of drug-likeness (QED) is 0.257. The number of anilines is 1. The molecule has 0 atom stereocenters. The lowest BCUT2D eigenvalue weighted by atomic mass is 10.1. The van der Waals surface area contributed by atoms with Crippen molar-refractivity contribution >= 4 is 29.8 Å². The number of benzene rings is 3. The summed E-state index contributed by atoms with van der Waals surface area (Å²) in [5, 5.41) is 22.3. The van der Waals surface area contributed by atoms with Crippen molar-refractivity contribution in [2.75, 3.05) is 26.6 Å². The van der Waals surface area contributed by atoms with E-state index in [2.05, 4.69) is 5.32 Å². The molecule has 0 heterocycles. The highest BCUT2D eigenvalue weighted by Gasteiger charge is 2.12. The maximum absolute atomic E-state index is 12.2. The first-order valence-corrected chi connectivity index (χ1v) is 10.0. The van der Waals surface area contributed by atoms with Gasteiger partial charge in [0.1, 0.15) is 11.5 Å². The summed E-state index contributed by atoms with van der Waals surface area (Å²) in [6.45, 7) is 0. The van der Waals surface area contributed by atoms with Crippen LogP contribution in [-0.2, 0) is 4.79 Å². The zero-order valence-corrected chi connectivity index (χ0v) is 18.5. The Morgan fingerprint density at radius 2 is 1.36 bits per heavy atom. The predicted molar refractivity (Wildman–Crippen MR) is 129 cm³/mol. The Hall–Kier alpha value is -4.39. The van der Waals surface area contributed by atoms with E-state index in [1.54, 1.807) is 57.7 Å². The molecule has 0 fully saturated rings. The summed E-state index contributed by atoms with van der Waals surface area (Å²) < 4.78 is 16.0. The smallest absolute Gasteiger partial charge is 0.248 e. The van der Waals surface area contributed by atoms with E-state index in [1.807, 2.05) is 24.3 Å². The third-order valence-electron chi connectivity index (χ3n) is 4.76. The monoisotopic (exact) mass is 447 g/mol. The second-order valence-corrected chi connectivity index (χ2v) is 6.98. The van der Waals surface area contributed by atoms with E-state index in [-0.39, 0.29) is 17.4 Å². The highest BCUT2D eigenvalue weighted by atomic mass is 16.5. The Morgan fingerprint density at radius 1 is 0.758 bits per heavy atom. The van der Waals surface area contributed by atoms with Gasteiger partial charge in [0.15, 0.2) is 11.5 Å². The molecule has 0 aliphatic heterocycles. The van der Waals surface area contributed by atoms with Gasteiger partial charge in [0.2, 0.25) is 11.7 Å². The molecule has 0 saturated heterocycles. The van der Waals surface area contributed by atoms with Crippen LogP contribution in [0.3, 0.4) is 0 Å². The molecule has 0 saturated carbocycles. The molecule has 7 nitrogen and oxygen atoms in total. The topological polar surface area (TPSA) is 97.3 Å². The summed E-state index contributed by atoms with van der Waals surface area (Å²) >= 11 is 0. The molecule has 3 aromatic rings. The fourth-order valence-corrected chi connectivity index (χ4v) is 3.08. The largest absolute Gasteiger partial charge is 0.508 e. The Bertz CT molecular complexity index is 1160. The van der Waals surface area contributed by atoms with E-state index in [9.17, 15) is 15.0 Å². The van der Waals surface area contributed by atoms with Crippen molar-refractivity contribution in [2.24, 2.45) is 0 Å². The third kappa shape index (κ3) is 6.07. The highest BCUT2D eigenvalue weighted by molar-refractivity contribution is 6.02. The minimum absolute atomic E-state index is 0.0616. The van der Waals surface area contributed by atoms with Gasteiger partial charge in [0.05, 0.1) is 27.0 Å². The van der Waals surface area contributed by atoms with Gasteiger partial charge in [-0.25, -0.2) is 0 Å². The lowest BCUT2D eigenvalue weighted by molar-refractivity contribution is -0.111. The second-order valence-electron chi connectivity index (χ2n) is 6.98. The molecule has 0 bridgehead atoms. The van der Waals surface area contributed by atoms with E-state index in [0.717, 1.165) is 16.7 Å². The van der Waals surface area contributed by atoms with Crippen LogP contribution in [0.4, 0.5) is 5.69 Å². The SMILES string of the molecule is COc1cc(/C=C/c2ccc(NC(=O)/C=C/c3ccc(O)cc3)c(O)c2)cc(OC)c1OC. The van der Waals surface area contributed by atoms with Crippen molar-refractivity contribution < 1.29 is 29.2 Å². The van der Waals surface area contributed by atoms with Crippen LogP contribution in [0.25, 0.3) is 18.2 Å². The fourth-order valence-electron chi connectivity index (χ4n) is 3.08. The number of carbonyl (C=O) groups excluding carboxylic acids is 1. The van der Waals surface area contributed by atoms with Crippen LogP contribution < -0.4 is 19.5 Å². The van der Waals surface area contributed by atoms with Crippen molar-refractivity contribution in [2.45, 2.75) is 0 Å². The molecule has 3 N–H and O–H groups in total. The van der Waals surface area contributed by atoms with Gasteiger partial charge in [0, 0.05) is 6.08 Å². The Labute approximate surface area is 192 Å². The summed E-state index contributed by atoms with van der Waals surface area (Å²) in [5.74, 6) is 1.29. The maximum atomic E-state index is 12.2. The number of ether oxygens (including phenoxy) is 3. The van der Waals surface area contributed by atoms with Crippen molar-refractivity contribution in [3.8, 4) is 28.7 Å². The number of phenols is 2. The predicted octanol–water partition coefficient (Wildman–Crippen LogP) is 4.95. The number of carbonyl (C=O) groups is 1. The van der Waals surface area contributed by atoms with Gasteiger partial charge in [-0.1, -0.05) is 30.4 Å². The number of hydrogen-bond acceptors (Lipinski definition) is 6. The first-order chi connectivity index (χ1) is 15.9. The summed E-state index contributed by atoms with van der Waals surface area (Å²) in [4.78, 5) is 12.2. The third-order valence-corrected chi connectivity index (χ3v) is 4.76. The minimum atomic E-state index is -0.390. The molecule has 0 spiro atoms. The number of amides is 1. The van der Waals surface area contributed by atoms with Gasteiger partial charge in [-0.15, -0.1) is 0 Å². The Morgan fingerprint density at radius 3 is 1.94 bits per heavy atom. The molecule has 3 rings (SSSR count). The first kappa shape index (κ1) is 23.3. The normalized spacial score (nSPS) is 11.0. The summed E-state index contributed by atoms with van der Waals surface area (Å²) in [7, 11) is 4.65. The van der Waals surface area contributed by atoms with Crippen LogP contribution in [0.1, 0.15) is 16.7 Å². The molecule has 33 heavy (non-hydrogen) atoms. The molecule has 0 aliphatic carbocycles. The van der Waals surface area contributed by atoms with E-state index >= 15 is 0 Å². The lowest BCUT2D eigenvalue weighted by Crippen LogP contribution is -2.07. The molecule has 0 radical (unpaired) electrons. The first-order valence-electron chi connectivity index (χ1n) is 10.0. The molecule has 3 aromatic carbocycles. The standard InChI is InChI=1S/C26H25NO6/c1-31-23-15-19(16-24(32-2)26(23)33-3)5-4-18-8-12-21(22(29)14-18)27-25(30)13-9-17-6-10-20(28)11-7-17/h4-16,28-29H,1-3H3,(H,27,30)/b5-4+,13-9+. The number of nitrogens with one attached hydrogen (secondary N) is 1.